The summed E-state index contributed by atoms with van der Waals surface area (Å²) in [4.78, 5) is 27.4. The molecule has 6 heteroatoms. The van der Waals surface area contributed by atoms with Crippen molar-refractivity contribution in [2.45, 2.75) is 45.7 Å². The van der Waals surface area contributed by atoms with Crippen LogP contribution in [0.2, 0.25) is 0 Å². The van der Waals surface area contributed by atoms with Crippen molar-refractivity contribution in [1.82, 2.24) is 10.6 Å². The molecule has 28 heavy (non-hydrogen) atoms. The quantitative estimate of drug-likeness (QED) is 0.769. The van der Waals surface area contributed by atoms with Gasteiger partial charge >= 0.3 is 0 Å². The first-order valence-electron chi connectivity index (χ1n) is 10.0. The van der Waals surface area contributed by atoms with Crippen LogP contribution in [0.4, 0.5) is 5.69 Å². The zero-order valence-electron chi connectivity index (χ0n) is 16.6. The third kappa shape index (κ3) is 4.94. The Hall–Kier alpha value is -2.76. The Bertz CT molecular complexity index is 780. The number of rotatable bonds is 7. The van der Waals surface area contributed by atoms with Gasteiger partial charge < -0.3 is 20.0 Å². The smallest absolute Gasteiger partial charge is 0.287 e. The van der Waals surface area contributed by atoms with Crippen LogP contribution in [0.3, 0.4) is 0 Å². The number of amides is 2. The highest BCUT2D eigenvalue weighted by atomic mass is 16.3. The molecule has 3 rings (SSSR count). The van der Waals surface area contributed by atoms with Crippen molar-refractivity contribution in [3.63, 3.8) is 0 Å². The fourth-order valence-corrected chi connectivity index (χ4v) is 3.55. The van der Waals surface area contributed by atoms with Crippen LogP contribution in [0, 0.1) is 5.92 Å². The first-order valence-corrected chi connectivity index (χ1v) is 10.0. The van der Waals surface area contributed by atoms with Crippen LogP contribution in [0.5, 0.6) is 0 Å². The molecule has 2 aromatic rings. The Morgan fingerprint density at radius 3 is 2.50 bits per heavy atom. The van der Waals surface area contributed by atoms with E-state index >= 15 is 0 Å². The van der Waals surface area contributed by atoms with E-state index in [1.807, 2.05) is 26.0 Å². The van der Waals surface area contributed by atoms with Crippen LogP contribution in [0.1, 0.15) is 49.2 Å². The lowest BCUT2D eigenvalue weighted by molar-refractivity contribution is -0.124. The number of benzene rings is 1. The molecule has 0 saturated carbocycles. The topological polar surface area (TPSA) is 74.6 Å². The Labute approximate surface area is 166 Å². The minimum atomic E-state index is -0.625. The van der Waals surface area contributed by atoms with E-state index in [0.717, 1.165) is 18.7 Å². The maximum Gasteiger partial charge on any atom is 0.287 e. The first kappa shape index (κ1) is 20.0. The molecule has 1 atom stereocenters. The number of para-hydroxylation sites is 1. The number of hydrogen-bond donors (Lipinski definition) is 2. The van der Waals surface area contributed by atoms with E-state index in [1.54, 1.807) is 12.1 Å². The molecule has 150 valence electrons. The lowest BCUT2D eigenvalue weighted by atomic mass is 10.0. The molecule has 2 amide bonds. The molecule has 1 saturated heterocycles. The van der Waals surface area contributed by atoms with Crippen molar-refractivity contribution in [2.24, 2.45) is 5.92 Å². The van der Waals surface area contributed by atoms with E-state index in [0.29, 0.717) is 6.54 Å². The minimum absolute atomic E-state index is 0.0451. The monoisotopic (exact) mass is 383 g/mol. The second-order valence-corrected chi connectivity index (χ2v) is 7.57. The molecule has 0 aliphatic carbocycles. The summed E-state index contributed by atoms with van der Waals surface area (Å²) in [7, 11) is 0. The highest BCUT2D eigenvalue weighted by Crippen LogP contribution is 2.24. The van der Waals surface area contributed by atoms with E-state index < -0.39 is 6.04 Å². The Morgan fingerprint density at radius 2 is 1.82 bits per heavy atom. The molecule has 0 unspecified atom stereocenters. The van der Waals surface area contributed by atoms with Crippen LogP contribution in [-0.2, 0) is 11.3 Å². The zero-order chi connectivity index (χ0) is 19.9. The molecule has 1 fully saturated rings. The molecule has 2 heterocycles. The average Bonchev–Trinajstić information content (AvgIpc) is 3.26. The standard InChI is InChI=1S/C22H29N3O3/c1-16(2)20(24-21(26)19-11-8-14-28-19)22(27)23-15-17-9-4-5-10-18(17)25-12-6-3-7-13-25/h4-5,8-11,14,16,20H,3,6-7,12-13,15H2,1-2H3,(H,23,27)(H,24,26)/t20-/m1/s1. The molecule has 1 aliphatic heterocycles. The predicted octanol–water partition coefficient (Wildman–Crippen LogP) is 3.34. The summed E-state index contributed by atoms with van der Waals surface area (Å²) in [6.07, 6.45) is 5.13. The van der Waals surface area contributed by atoms with Crippen molar-refractivity contribution in [2.75, 3.05) is 18.0 Å². The number of hydrogen-bond acceptors (Lipinski definition) is 4. The molecule has 1 aromatic carbocycles. The molecule has 0 radical (unpaired) electrons. The van der Waals surface area contributed by atoms with Gasteiger partial charge in [-0.1, -0.05) is 32.0 Å². The van der Waals surface area contributed by atoms with Gasteiger partial charge in [0.2, 0.25) is 5.91 Å². The third-order valence-electron chi connectivity index (χ3n) is 5.12. The summed E-state index contributed by atoms with van der Waals surface area (Å²) < 4.78 is 5.12. The summed E-state index contributed by atoms with van der Waals surface area (Å²) in [5.41, 5.74) is 2.28. The second-order valence-electron chi connectivity index (χ2n) is 7.57. The van der Waals surface area contributed by atoms with E-state index in [4.69, 9.17) is 4.42 Å². The van der Waals surface area contributed by atoms with Gasteiger partial charge in [-0.15, -0.1) is 0 Å². The van der Waals surface area contributed by atoms with Gasteiger partial charge in [-0.2, -0.15) is 0 Å². The van der Waals surface area contributed by atoms with E-state index in [2.05, 4.69) is 27.7 Å². The summed E-state index contributed by atoms with van der Waals surface area (Å²) in [5, 5.41) is 5.78. The van der Waals surface area contributed by atoms with Gasteiger partial charge in [0.05, 0.1) is 6.26 Å². The van der Waals surface area contributed by atoms with Crippen molar-refractivity contribution < 1.29 is 14.0 Å². The summed E-state index contributed by atoms with van der Waals surface area (Å²) in [6.45, 7) is 6.37. The molecule has 0 bridgehead atoms. The Balaban J connectivity index is 1.64. The Kier molecular flexibility index (Phi) is 6.74. The van der Waals surface area contributed by atoms with Gasteiger partial charge in [0.1, 0.15) is 6.04 Å². The van der Waals surface area contributed by atoms with E-state index in [1.165, 1.54) is 31.2 Å². The van der Waals surface area contributed by atoms with Crippen molar-refractivity contribution in [1.29, 1.82) is 0 Å². The maximum absolute atomic E-state index is 12.8. The van der Waals surface area contributed by atoms with E-state index in [-0.39, 0.29) is 23.5 Å². The van der Waals surface area contributed by atoms with Gasteiger partial charge in [0.25, 0.3) is 5.91 Å². The average molecular weight is 383 g/mol. The highest BCUT2D eigenvalue weighted by Gasteiger charge is 2.25. The van der Waals surface area contributed by atoms with Crippen molar-refractivity contribution in [3.8, 4) is 0 Å². The van der Waals surface area contributed by atoms with Crippen LogP contribution >= 0.6 is 0 Å². The van der Waals surface area contributed by atoms with Gasteiger partial charge in [-0.3, -0.25) is 9.59 Å². The third-order valence-corrected chi connectivity index (χ3v) is 5.12. The number of anilines is 1. The highest BCUT2D eigenvalue weighted by molar-refractivity contribution is 5.95. The number of nitrogens with zero attached hydrogens (tertiary/aromatic N) is 1. The summed E-state index contributed by atoms with van der Waals surface area (Å²) in [5.74, 6) is -0.416. The molecule has 1 aliphatic rings. The van der Waals surface area contributed by atoms with Crippen LogP contribution < -0.4 is 15.5 Å². The van der Waals surface area contributed by atoms with Crippen LogP contribution in [0.25, 0.3) is 0 Å². The van der Waals surface area contributed by atoms with Gasteiger partial charge in [0, 0.05) is 25.3 Å². The largest absolute Gasteiger partial charge is 0.459 e. The fraction of sp³-hybridized carbons (Fsp3) is 0.455. The van der Waals surface area contributed by atoms with Crippen molar-refractivity contribution >= 4 is 17.5 Å². The molecule has 0 spiro atoms. The number of carbonyl (C=O) groups is 2. The zero-order valence-corrected chi connectivity index (χ0v) is 16.6. The predicted molar refractivity (Wildman–Crippen MR) is 109 cm³/mol. The molecular weight excluding hydrogens is 354 g/mol. The maximum atomic E-state index is 12.8. The molecule has 2 N–H and O–H groups in total. The van der Waals surface area contributed by atoms with Gasteiger partial charge in [0.15, 0.2) is 5.76 Å². The van der Waals surface area contributed by atoms with Gasteiger partial charge in [-0.05, 0) is 48.9 Å². The SMILES string of the molecule is CC(C)[C@@H](NC(=O)c1ccco1)C(=O)NCc1ccccc1N1CCCCC1. The minimum Gasteiger partial charge on any atom is -0.459 e. The number of furan rings is 1. The normalized spacial score (nSPS) is 15.3. The van der Waals surface area contributed by atoms with Crippen LogP contribution in [-0.4, -0.2) is 30.9 Å². The second kappa shape index (κ2) is 9.44. The van der Waals surface area contributed by atoms with Gasteiger partial charge in [-0.25, -0.2) is 0 Å². The number of nitrogens with one attached hydrogen (secondary N) is 2. The number of carbonyl (C=O) groups excluding carboxylic acids is 2. The molecular formula is C22H29N3O3. The molecule has 6 nitrogen and oxygen atoms in total. The first-order chi connectivity index (χ1) is 13.6. The van der Waals surface area contributed by atoms with Crippen molar-refractivity contribution in [3.05, 3.63) is 54.0 Å². The van der Waals surface area contributed by atoms with Crippen LogP contribution in [0.15, 0.2) is 47.1 Å². The fourth-order valence-electron chi connectivity index (χ4n) is 3.55. The summed E-state index contributed by atoms with van der Waals surface area (Å²) >= 11 is 0. The lowest BCUT2D eigenvalue weighted by Crippen LogP contribution is -2.49. The Morgan fingerprint density at radius 1 is 1.07 bits per heavy atom. The van der Waals surface area contributed by atoms with E-state index in [9.17, 15) is 9.59 Å². The number of piperidine rings is 1. The summed E-state index contributed by atoms with van der Waals surface area (Å²) in [6, 6.07) is 10.8. The molecule has 1 aromatic heterocycles. The lowest BCUT2D eigenvalue weighted by Gasteiger charge is -2.31.